The fourth-order valence-corrected chi connectivity index (χ4v) is 3.45. The molecule has 6 nitrogen and oxygen atoms in total. The van der Waals surface area contributed by atoms with Gasteiger partial charge in [-0.25, -0.2) is 0 Å². The van der Waals surface area contributed by atoms with Crippen molar-refractivity contribution in [3.63, 3.8) is 0 Å². The van der Waals surface area contributed by atoms with Gasteiger partial charge in [0.25, 0.3) is 5.91 Å². The highest BCUT2D eigenvalue weighted by atomic mass is 35.5. The molecule has 2 heterocycles. The number of aliphatic imine (C=N–C) groups is 1. The molecule has 1 aliphatic heterocycles. The highest BCUT2D eigenvalue weighted by Crippen LogP contribution is 2.32. The Labute approximate surface area is 175 Å². The number of carbonyl (C=O) groups excluding carboxylic acids is 2. The van der Waals surface area contributed by atoms with Crippen LogP contribution in [0.25, 0.3) is 0 Å². The zero-order chi connectivity index (χ0) is 21.0. The van der Waals surface area contributed by atoms with E-state index in [2.05, 4.69) is 4.98 Å². The van der Waals surface area contributed by atoms with Crippen LogP contribution < -0.4 is 4.90 Å². The van der Waals surface area contributed by atoms with E-state index in [0.717, 1.165) is 6.42 Å². The second kappa shape index (κ2) is 9.18. The molecule has 1 unspecified atom stereocenters. The van der Waals surface area contributed by atoms with Gasteiger partial charge in [0.05, 0.1) is 23.7 Å². The van der Waals surface area contributed by atoms with Gasteiger partial charge in [-0.05, 0) is 43.2 Å². The number of anilines is 1. The maximum Gasteiger partial charge on any atom is 0.326 e. The maximum absolute atomic E-state index is 13.5. The lowest BCUT2D eigenvalue weighted by Crippen LogP contribution is -2.43. The first-order chi connectivity index (χ1) is 14.0. The van der Waals surface area contributed by atoms with E-state index in [1.165, 1.54) is 4.90 Å². The molecule has 1 aliphatic rings. The van der Waals surface area contributed by atoms with Crippen LogP contribution in [0.3, 0.4) is 0 Å². The molecule has 1 aromatic carbocycles. The number of halogens is 1. The summed E-state index contributed by atoms with van der Waals surface area (Å²) in [7, 11) is 0. The van der Waals surface area contributed by atoms with Crippen LogP contribution in [0.4, 0.5) is 5.69 Å². The SMILES string of the molecule is CCOC(=O)CN1C(=O)[C@H](C(C)CC)N=C(c2ccccn2)c2cc(Cl)ccc21. The molecule has 0 bridgehead atoms. The van der Waals surface area contributed by atoms with Crippen LogP contribution in [0.1, 0.15) is 38.4 Å². The number of hydrogen-bond acceptors (Lipinski definition) is 5. The third kappa shape index (κ3) is 4.48. The Hall–Kier alpha value is -2.73. The van der Waals surface area contributed by atoms with E-state index in [1.807, 2.05) is 32.0 Å². The molecule has 152 valence electrons. The first-order valence-corrected chi connectivity index (χ1v) is 10.1. The fraction of sp³-hybridized carbons (Fsp3) is 0.364. The van der Waals surface area contributed by atoms with Crippen LogP contribution in [-0.2, 0) is 14.3 Å². The van der Waals surface area contributed by atoms with E-state index in [-0.39, 0.29) is 25.0 Å². The predicted molar refractivity (Wildman–Crippen MR) is 114 cm³/mol. The highest BCUT2D eigenvalue weighted by molar-refractivity contribution is 6.32. The summed E-state index contributed by atoms with van der Waals surface area (Å²) in [6, 6.07) is 10.1. The van der Waals surface area contributed by atoms with Gasteiger partial charge in [0.15, 0.2) is 0 Å². The molecule has 3 rings (SSSR count). The molecular weight excluding hydrogens is 390 g/mol. The molecule has 0 spiro atoms. The van der Waals surface area contributed by atoms with E-state index in [9.17, 15) is 9.59 Å². The quantitative estimate of drug-likeness (QED) is 0.673. The Kier molecular flexibility index (Phi) is 6.64. The summed E-state index contributed by atoms with van der Waals surface area (Å²) in [6.07, 6.45) is 2.45. The largest absolute Gasteiger partial charge is 0.465 e. The lowest BCUT2D eigenvalue weighted by molar-refractivity contribution is -0.142. The average Bonchev–Trinajstić information content (AvgIpc) is 2.83. The van der Waals surface area contributed by atoms with Crippen molar-refractivity contribution in [1.29, 1.82) is 0 Å². The average molecular weight is 414 g/mol. The van der Waals surface area contributed by atoms with Gasteiger partial charge in [0, 0.05) is 16.8 Å². The van der Waals surface area contributed by atoms with Crippen LogP contribution in [0, 0.1) is 5.92 Å². The zero-order valence-corrected chi connectivity index (χ0v) is 17.5. The fourth-order valence-electron chi connectivity index (χ4n) is 3.28. The van der Waals surface area contributed by atoms with Crippen LogP contribution in [0.5, 0.6) is 0 Å². The Balaban J connectivity index is 2.21. The topological polar surface area (TPSA) is 71.9 Å². The number of benzodiazepines with no additional fused rings is 1. The molecule has 2 atom stereocenters. The summed E-state index contributed by atoms with van der Waals surface area (Å²) >= 11 is 6.28. The predicted octanol–water partition coefficient (Wildman–Crippen LogP) is 3.90. The van der Waals surface area contributed by atoms with E-state index in [0.29, 0.717) is 27.7 Å². The molecule has 29 heavy (non-hydrogen) atoms. The number of fused-ring (bicyclic) bond motifs is 1. The molecule has 2 aromatic rings. The summed E-state index contributed by atoms with van der Waals surface area (Å²) in [5.41, 5.74) is 2.48. The molecule has 0 radical (unpaired) electrons. The Morgan fingerprint density at radius 2 is 2.07 bits per heavy atom. The number of esters is 1. The normalized spacial score (nSPS) is 17.2. The minimum Gasteiger partial charge on any atom is -0.465 e. The van der Waals surface area contributed by atoms with E-state index < -0.39 is 12.0 Å². The van der Waals surface area contributed by atoms with Crippen LogP contribution in [0.15, 0.2) is 47.6 Å². The number of amides is 1. The molecule has 7 heteroatoms. The molecule has 0 N–H and O–H groups in total. The van der Waals surface area contributed by atoms with Crippen molar-refractivity contribution in [3.8, 4) is 0 Å². The van der Waals surface area contributed by atoms with E-state index >= 15 is 0 Å². The van der Waals surface area contributed by atoms with Crippen molar-refractivity contribution in [2.75, 3.05) is 18.1 Å². The van der Waals surface area contributed by atoms with Gasteiger partial charge < -0.3 is 4.74 Å². The second-order valence-electron chi connectivity index (χ2n) is 6.91. The van der Waals surface area contributed by atoms with Gasteiger partial charge in [0.1, 0.15) is 12.6 Å². The van der Waals surface area contributed by atoms with E-state index in [4.69, 9.17) is 21.3 Å². The second-order valence-corrected chi connectivity index (χ2v) is 7.35. The number of hydrogen-bond donors (Lipinski definition) is 0. The number of ether oxygens (including phenoxy) is 1. The molecule has 1 amide bonds. The smallest absolute Gasteiger partial charge is 0.326 e. The molecule has 0 saturated heterocycles. The lowest BCUT2D eigenvalue weighted by Gasteiger charge is -2.26. The van der Waals surface area contributed by atoms with Crippen molar-refractivity contribution in [1.82, 2.24) is 4.98 Å². The number of pyridine rings is 1. The zero-order valence-electron chi connectivity index (χ0n) is 16.8. The number of benzene rings is 1. The van der Waals surface area contributed by atoms with Crippen molar-refractivity contribution in [2.24, 2.45) is 10.9 Å². The third-order valence-electron chi connectivity index (χ3n) is 4.97. The molecule has 0 fully saturated rings. The van der Waals surface area contributed by atoms with Gasteiger partial charge in [-0.3, -0.25) is 24.5 Å². The minimum absolute atomic E-state index is 0.0179. The van der Waals surface area contributed by atoms with Crippen molar-refractivity contribution >= 4 is 34.9 Å². The molecule has 1 aromatic heterocycles. The number of rotatable bonds is 6. The van der Waals surface area contributed by atoms with Gasteiger partial charge >= 0.3 is 5.97 Å². The number of aromatic nitrogens is 1. The van der Waals surface area contributed by atoms with Gasteiger partial charge in [0.2, 0.25) is 0 Å². The van der Waals surface area contributed by atoms with Gasteiger partial charge in [-0.15, -0.1) is 0 Å². The maximum atomic E-state index is 13.5. The highest BCUT2D eigenvalue weighted by Gasteiger charge is 2.36. The van der Waals surface area contributed by atoms with Crippen LogP contribution in [0.2, 0.25) is 5.02 Å². The van der Waals surface area contributed by atoms with Crippen molar-refractivity contribution < 1.29 is 14.3 Å². The molecule has 0 saturated carbocycles. The monoisotopic (exact) mass is 413 g/mol. The Morgan fingerprint density at radius 1 is 1.28 bits per heavy atom. The Morgan fingerprint density at radius 3 is 2.72 bits per heavy atom. The molecular formula is C22H24ClN3O3. The summed E-state index contributed by atoms with van der Waals surface area (Å²) in [5, 5.41) is 0.512. The summed E-state index contributed by atoms with van der Waals surface area (Å²) in [4.78, 5) is 36.5. The summed E-state index contributed by atoms with van der Waals surface area (Å²) in [6.45, 7) is 5.80. The standard InChI is InChI=1S/C22H24ClN3O3/c1-4-14(3)20-22(28)26(13-19(27)29-5-2)18-10-9-15(23)12-16(18)21(25-20)17-8-6-7-11-24-17/h6-12,14,20H,4-5,13H2,1-3H3/t14?,20-/m0/s1. The van der Waals surface area contributed by atoms with Crippen LogP contribution >= 0.6 is 11.6 Å². The first kappa shape index (κ1) is 21.0. The third-order valence-corrected chi connectivity index (χ3v) is 5.21. The number of nitrogens with zero attached hydrogens (tertiary/aromatic N) is 3. The first-order valence-electron chi connectivity index (χ1n) is 9.72. The number of carbonyl (C=O) groups is 2. The lowest BCUT2D eigenvalue weighted by atomic mass is 9.98. The van der Waals surface area contributed by atoms with Gasteiger partial charge in [-0.2, -0.15) is 0 Å². The van der Waals surface area contributed by atoms with E-state index in [1.54, 1.807) is 31.3 Å². The summed E-state index contributed by atoms with van der Waals surface area (Å²) in [5.74, 6) is -0.719. The summed E-state index contributed by atoms with van der Waals surface area (Å²) < 4.78 is 5.10. The Bertz CT molecular complexity index is 930. The molecule has 0 aliphatic carbocycles. The van der Waals surface area contributed by atoms with Crippen molar-refractivity contribution in [3.05, 3.63) is 58.9 Å². The van der Waals surface area contributed by atoms with Gasteiger partial charge in [-0.1, -0.05) is 37.9 Å². The van der Waals surface area contributed by atoms with Crippen molar-refractivity contribution in [2.45, 2.75) is 33.2 Å². The minimum atomic E-state index is -0.641. The van der Waals surface area contributed by atoms with Crippen LogP contribution in [-0.4, -0.2) is 41.8 Å².